The molecule has 0 fully saturated rings. The van der Waals surface area contributed by atoms with E-state index in [0.717, 1.165) is 22.1 Å². The Labute approximate surface area is 100 Å². The van der Waals surface area contributed by atoms with Crippen molar-refractivity contribution in [1.29, 1.82) is 0 Å². The van der Waals surface area contributed by atoms with Gasteiger partial charge in [-0.25, -0.2) is 0 Å². The summed E-state index contributed by atoms with van der Waals surface area (Å²) in [6, 6.07) is 7.91. The lowest BCUT2D eigenvalue weighted by Crippen LogP contribution is -2.21. The zero-order chi connectivity index (χ0) is 11.1. The van der Waals surface area contributed by atoms with E-state index in [0.29, 0.717) is 0 Å². The number of hydrogen-bond acceptors (Lipinski definition) is 2. The van der Waals surface area contributed by atoms with Crippen molar-refractivity contribution in [1.82, 2.24) is 0 Å². The van der Waals surface area contributed by atoms with E-state index in [2.05, 4.69) is 11.8 Å². The molecule has 0 spiro atoms. The van der Waals surface area contributed by atoms with E-state index in [1.54, 1.807) is 11.8 Å². The molecule has 1 rings (SSSR count). The molecule has 1 aromatic carbocycles. The molecule has 1 atom stereocenters. The first-order chi connectivity index (χ1) is 7.24. The van der Waals surface area contributed by atoms with Crippen LogP contribution in [0, 0.1) is 11.8 Å². The Morgan fingerprint density at radius 3 is 2.87 bits per heavy atom. The monoisotopic (exact) mass is 239 g/mol. The van der Waals surface area contributed by atoms with Gasteiger partial charge in [0.1, 0.15) is 0 Å². The maximum Gasteiger partial charge on any atom is 0.0541 e. The second-order valence-electron chi connectivity index (χ2n) is 3.13. The van der Waals surface area contributed by atoms with Crippen LogP contribution in [0.4, 0.5) is 0 Å². The van der Waals surface area contributed by atoms with Crippen molar-refractivity contribution in [3.05, 3.63) is 29.3 Å². The van der Waals surface area contributed by atoms with Crippen LogP contribution in [0.3, 0.4) is 0 Å². The van der Waals surface area contributed by atoms with Crippen LogP contribution >= 0.6 is 23.4 Å². The van der Waals surface area contributed by atoms with E-state index in [1.807, 2.05) is 31.2 Å². The molecule has 0 aliphatic rings. The quantitative estimate of drug-likeness (QED) is 0.645. The van der Waals surface area contributed by atoms with Crippen molar-refractivity contribution in [2.45, 2.75) is 24.3 Å². The number of hydrogen-bond donors (Lipinski definition) is 1. The molecule has 0 saturated heterocycles. The van der Waals surface area contributed by atoms with Crippen molar-refractivity contribution >= 4 is 23.4 Å². The second kappa shape index (κ2) is 6.79. The Morgan fingerprint density at radius 1 is 1.47 bits per heavy atom. The highest BCUT2D eigenvalue weighted by Crippen LogP contribution is 2.26. The SMILES string of the molecule is CC#CCC(N)CSc1ccccc1Cl. The lowest BCUT2D eigenvalue weighted by atomic mass is 10.2. The summed E-state index contributed by atoms with van der Waals surface area (Å²) in [6.45, 7) is 1.83. The van der Waals surface area contributed by atoms with E-state index in [1.165, 1.54) is 0 Å². The average molecular weight is 240 g/mol. The van der Waals surface area contributed by atoms with Gasteiger partial charge in [0, 0.05) is 23.1 Å². The van der Waals surface area contributed by atoms with E-state index >= 15 is 0 Å². The Kier molecular flexibility index (Phi) is 5.63. The van der Waals surface area contributed by atoms with Gasteiger partial charge in [-0.3, -0.25) is 0 Å². The van der Waals surface area contributed by atoms with Crippen LogP contribution in [-0.4, -0.2) is 11.8 Å². The summed E-state index contributed by atoms with van der Waals surface area (Å²) in [5.74, 6) is 6.67. The number of nitrogens with two attached hydrogens (primary N) is 1. The Hall–Kier alpha value is -0.620. The highest BCUT2D eigenvalue weighted by Gasteiger charge is 2.04. The third-order valence-electron chi connectivity index (χ3n) is 1.83. The van der Waals surface area contributed by atoms with Crippen LogP contribution in [0.15, 0.2) is 29.2 Å². The van der Waals surface area contributed by atoms with E-state index in [-0.39, 0.29) is 6.04 Å². The molecule has 80 valence electrons. The van der Waals surface area contributed by atoms with Crippen molar-refractivity contribution < 1.29 is 0 Å². The number of halogens is 1. The maximum absolute atomic E-state index is 6.02. The largest absolute Gasteiger partial charge is 0.326 e. The molecule has 0 aromatic heterocycles. The number of thioether (sulfide) groups is 1. The Bertz CT molecular complexity index is 367. The van der Waals surface area contributed by atoms with Gasteiger partial charge in [0.2, 0.25) is 0 Å². The minimum atomic E-state index is 0.110. The minimum Gasteiger partial charge on any atom is -0.326 e. The van der Waals surface area contributed by atoms with E-state index < -0.39 is 0 Å². The van der Waals surface area contributed by atoms with Crippen LogP contribution in [0.5, 0.6) is 0 Å². The van der Waals surface area contributed by atoms with Gasteiger partial charge in [-0.1, -0.05) is 23.7 Å². The standard InChI is InChI=1S/C12H14ClNS/c1-2-3-6-10(14)9-15-12-8-5-4-7-11(12)13/h4-5,7-8,10H,6,9,14H2,1H3. The number of rotatable bonds is 4. The second-order valence-corrected chi connectivity index (χ2v) is 4.60. The molecule has 0 aliphatic heterocycles. The molecule has 0 radical (unpaired) electrons. The molecule has 0 aliphatic carbocycles. The molecule has 1 aromatic rings. The highest BCUT2D eigenvalue weighted by atomic mass is 35.5. The zero-order valence-corrected chi connectivity index (χ0v) is 10.2. The molecule has 0 amide bonds. The van der Waals surface area contributed by atoms with Gasteiger partial charge in [-0.15, -0.1) is 23.6 Å². The molecule has 1 unspecified atom stereocenters. The lowest BCUT2D eigenvalue weighted by Gasteiger charge is -2.08. The molecule has 0 bridgehead atoms. The molecular formula is C12H14ClNS. The average Bonchev–Trinajstić information content (AvgIpc) is 2.25. The molecular weight excluding hydrogens is 226 g/mol. The zero-order valence-electron chi connectivity index (χ0n) is 8.66. The predicted molar refractivity (Wildman–Crippen MR) is 68.2 cm³/mol. The van der Waals surface area contributed by atoms with E-state index in [9.17, 15) is 0 Å². The Balaban J connectivity index is 2.42. The highest BCUT2D eigenvalue weighted by molar-refractivity contribution is 7.99. The normalized spacial score (nSPS) is 11.7. The predicted octanol–water partition coefficient (Wildman–Crippen LogP) is 3.17. The van der Waals surface area contributed by atoms with Crippen molar-refractivity contribution in [3.8, 4) is 11.8 Å². The van der Waals surface area contributed by atoms with Crippen LogP contribution in [0.1, 0.15) is 13.3 Å². The maximum atomic E-state index is 6.02. The van der Waals surface area contributed by atoms with Gasteiger partial charge in [-0.2, -0.15) is 0 Å². The summed E-state index contributed by atoms with van der Waals surface area (Å²) in [6.07, 6.45) is 0.744. The van der Waals surface area contributed by atoms with Crippen molar-refractivity contribution in [3.63, 3.8) is 0 Å². The van der Waals surface area contributed by atoms with Crippen molar-refractivity contribution in [2.75, 3.05) is 5.75 Å². The molecule has 2 N–H and O–H groups in total. The molecule has 0 saturated carbocycles. The molecule has 0 heterocycles. The number of benzene rings is 1. The summed E-state index contributed by atoms with van der Waals surface area (Å²) in [4.78, 5) is 1.08. The first-order valence-corrected chi connectivity index (χ1v) is 6.13. The molecule has 15 heavy (non-hydrogen) atoms. The summed E-state index contributed by atoms with van der Waals surface area (Å²) < 4.78 is 0. The third-order valence-corrected chi connectivity index (χ3v) is 3.53. The summed E-state index contributed by atoms with van der Waals surface area (Å²) >= 11 is 7.70. The fourth-order valence-corrected chi connectivity index (χ4v) is 2.24. The van der Waals surface area contributed by atoms with Crippen molar-refractivity contribution in [2.24, 2.45) is 5.73 Å². The fraction of sp³-hybridized carbons (Fsp3) is 0.333. The van der Waals surface area contributed by atoms with Gasteiger partial charge < -0.3 is 5.73 Å². The summed E-state index contributed by atoms with van der Waals surface area (Å²) in [7, 11) is 0. The Morgan fingerprint density at radius 2 is 2.20 bits per heavy atom. The summed E-state index contributed by atoms with van der Waals surface area (Å²) in [5, 5.41) is 0.788. The van der Waals surface area contributed by atoms with Gasteiger partial charge in [-0.05, 0) is 19.1 Å². The smallest absolute Gasteiger partial charge is 0.0541 e. The third kappa shape index (κ3) is 4.61. The van der Waals surface area contributed by atoms with Gasteiger partial charge in [0.25, 0.3) is 0 Å². The van der Waals surface area contributed by atoms with Crippen LogP contribution < -0.4 is 5.73 Å². The first kappa shape index (κ1) is 12.4. The summed E-state index contributed by atoms with van der Waals surface area (Å²) in [5.41, 5.74) is 5.89. The molecule has 3 heteroatoms. The van der Waals surface area contributed by atoms with E-state index in [4.69, 9.17) is 17.3 Å². The minimum absolute atomic E-state index is 0.110. The molecule has 1 nitrogen and oxygen atoms in total. The fourth-order valence-electron chi connectivity index (χ4n) is 1.05. The first-order valence-electron chi connectivity index (χ1n) is 4.76. The van der Waals surface area contributed by atoms with Crippen LogP contribution in [0.2, 0.25) is 5.02 Å². The van der Waals surface area contributed by atoms with Crippen LogP contribution in [-0.2, 0) is 0 Å². The van der Waals surface area contributed by atoms with Gasteiger partial charge in [0.05, 0.1) is 5.02 Å². The van der Waals surface area contributed by atoms with Gasteiger partial charge >= 0.3 is 0 Å². The van der Waals surface area contributed by atoms with Gasteiger partial charge in [0.15, 0.2) is 0 Å². The lowest BCUT2D eigenvalue weighted by molar-refractivity contribution is 0.782. The topological polar surface area (TPSA) is 26.0 Å². The van der Waals surface area contributed by atoms with Crippen LogP contribution in [0.25, 0.3) is 0 Å².